The molecule has 100 valence electrons. The van der Waals surface area contributed by atoms with Crippen molar-refractivity contribution in [3.8, 4) is 5.75 Å². The number of halogens is 3. The van der Waals surface area contributed by atoms with Gasteiger partial charge in [0.25, 0.3) is 0 Å². The number of nitrogens with two attached hydrogens (primary N) is 1. The van der Waals surface area contributed by atoms with E-state index in [0.29, 0.717) is 5.56 Å². The molecule has 0 aromatic heterocycles. The largest absolute Gasteiger partial charge is 0.468 e. The molecule has 0 saturated carbocycles. The fraction of sp³-hybridized carbons (Fsp3) is 0.300. The predicted octanol–water partition coefficient (Wildman–Crippen LogP) is 1.70. The van der Waals surface area contributed by atoms with Gasteiger partial charge in [-0.3, -0.25) is 0 Å². The summed E-state index contributed by atoms with van der Waals surface area (Å²) in [5.41, 5.74) is 5.72. The first-order valence-electron chi connectivity index (χ1n) is 4.77. The van der Waals surface area contributed by atoms with Crippen molar-refractivity contribution in [1.82, 2.24) is 0 Å². The smallest absolute Gasteiger partial charge is 0.411 e. The van der Waals surface area contributed by atoms with E-state index in [2.05, 4.69) is 9.89 Å². The van der Waals surface area contributed by atoms with E-state index in [9.17, 15) is 13.2 Å². The molecule has 8 heteroatoms. The van der Waals surface area contributed by atoms with Crippen molar-refractivity contribution in [2.24, 2.45) is 10.9 Å². The normalized spacial score (nSPS) is 12.5. The van der Waals surface area contributed by atoms with Crippen molar-refractivity contribution < 1.29 is 27.9 Å². The molecule has 0 heterocycles. The van der Waals surface area contributed by atoms with Crippen molar-refractivity contribution in [2.75, 3.05) is 13.4 Å². The fourth-order valence-electron chi connectivity index (χ4n) is 1.07. The van der Waals surface area contributed by atoms with Crippen molar-refractivity contribution in [3.63, 3.8) is 0 Å². The summed E-state index contributed by atoms with van der Waals surface area (Å²) in [6.07, 6.45) is -4.39. The number of nitrogens with zero attached hydrogens (tertiary/aromatic N) is 1. The molecule has 0 fully saturated rings. The number of ether oxygens (including phenoxy) is 2. The van der Waals surface area contributed by atoms with Crippen LogP contribution in [-0.2, 0) is 4.74 Å². The molecule has 3 N–H and O–H groups in total. The number of alkyl halides is 3. The first-order chi connectivity index (χ1) is 8.42. The SMILES string of the molecule is N/C(=N/O)c1cccc(OCOCC(F)(F)F)c1. The Bertz CT molecular complexity index is 421. The quantitative estimate of drug-likeness (QED) is 0.212. The second kappa shape index (κ2) is 6.10. The van der Waals surface area contributed by atoms with Crippen LogP contribution in [0.4, 0.5) is 13.2 Å². The second-order valence-corrected chi connectivity index (χ2v) is 3.24. The Balaban J connectivity index is 2.48. The van der Waals surface area contributed by atoms with Crippen molar-refractivity contribution in [2.45, 2.75) is 6.18 Å². The molecule has 0 bridgehead atoms. The van der Waals surface area contributed by atoms with Crippen LogP contribution < -0.4 is 10.5 Å². The topological polar surface area (TPSA) is 77.1 Å². The Kier molecular flexibility index (Phi) is 4.78. The number of amidine groups is 1. The highest BCUT2D eigenvalue weighted by Crippen LogP contribution is 2.16. The highest BCUT2D eigenvalue weighted by molar-refractivity contribution is 5.97. The van der Waals surface area contributed by atoms with E-state index in [1.165, 1.54) is 12.1 Å². The summed E-state index contributed by atoms with van der Waals surface area (Å²) in [6, 6.07) is 6.02. The van der Waals surface area contributed by atoms with Crippen molar-refractivity contribution in [1.29, 1.82) is 0 Å². The van der Waals surface area contributed by atoms with Crippen LogP contribution in [0.5, 0.6) is 5.75 Å². The number of hydrogen-bond donors (Lipinski definition) is 2. The second-order valence-electron chi connectivity index (χ2n) is 3.24. The van der Waals surface area contributed by atoms with Crippen LogP contribution in [0, 0.1) is 0 Å². The van der Waals surface area contributed by atoms with Gasteiger partial charge in [0.2, 0.25) is 0 Å². The van der Waals surface area contributed by atoms with E-state index in [4.69, 9.17) is 15.7 Å². The molecule has 0 unspecified atom stereocenters. The molecule has 1 aromatic rings. The summed E-state index contributed by atoms with van der Waals surface area (Å²) in [5, 5.41) is 11.2. The van der Waals surface area contributed by atoms with E-state index in [-0.39, 0.29) is 11.6 Å². The van der Waals surface area contributed by atoms with E-state index in [1.54, 1.807) is 12.1 Å². The van der Waals surface area contributed by atoms with E-state index >= 15 is 0 Å². The van der Waals surface area contributed by atoms with Gasteiger partial charge in [0.15, 0.2) is 12.6 Å². The Labute approximate surface area is 101 Å². The third-order valence-electron chi connectivity index (χ3n) is 1.81. The van der Waals surface area contributed by atoms with Crippen LogP contribution in [0.2, 0.25) is 0 Å². The third kappa shape index (κ3) is 4.91. The molecule has 0 amide bonds. The average molecular weight is 264 g/mol. The van der Waals surface area contributed by atoms with Gasteiger partial charge in [0.1, 0.15) is 12.4 Å². The Hall–Kier alpha value is -1.96. The summed E-state index contributed by atoms with van der Waals surface area (Å²) in [5.74, 6) is 0.123. The standard InChI is InChI=1S/C10H11F3N2O3/c11-10(12,13)5-17-6-18-8-3-1-2-7(4-8)9(14)15-16/h1-4,16H,5-6H2,(H2,14,15). The molecule has 1 aromatic carbocycles. The average Bonchev–Trinajstić information content (AvgIpc) is 2.33. The molecule has 1 rings (SSSR count). The minimum Gasteiger partial charge on any atom is -0.468 e. The van der Waals surface area contributed by atoms with Crippen LogP contribution in [0.3, 0.4) is 0 Å². The number of hydrogen-bond acceptors (Lipinski definition) is 4. The number of benzene rings is 1. The lowest BCUT2D eigenvalue weighted by atomic mass is 10.2. The highest BCUT2D eigenvalue weighted by atomic mass is 19.4. The molecule has 0 aliphatic carbocycles. The summed E-state index contributed by atoms with van der Waals surface area (Å²) < 4.78 is 44.5. The Morgan fingerprint density at radius 2 is 2.11 bits per heavy atom. The van der Waals surface area contributed by atoms with Gasteiger partial charge < -0.3 is 20.4 Å². The van der Waals surface area contributed by atoms with Gasteiger partial charge in [-0.2, -0.15) is 13.2 Å². The number of oxime groups is 1. The maximum atomic E-state index is 11.8. The minimum atomic E-state index is -4.39. The first-order valence-corrected chi connectivity index (χ1v) is 4.77. The van der Waals surface area contributed by atoms with E-state index in [0.717, 1.165) is 0 Å². The predicted molar refractivity (Wildman–Crippen MR) is 56.5 cm³/mol. The van der Waals surface area contributed by atoms with Crippen LogP contribution in [0.1, 0.15) is 5.56 Å². The molecule has 0 aliphatic rings. The Morgan fingerprint density at radius 1 is 1.39 bits per heavy atom. The molecule has 0 radical (unpaired) electrons. The third-order valence-corrected chi connectivity index (χ3v) is 1.81. The lowest BCUT2D eigenvalue weighted by Crippen LogP contribution is -2.19. The van der Waals surface area contributed by atoms with Gasteiger partial charge in [0, 0.05) is 5.56 Å². The van der Waals surface area contributed by atoms with Crippen LogP contribution in [-0.4, -0.2) is 30.6 Å². The lowest BCUT2D eigenvalue weighted by Gasteiger charge is -2.09. The maximum Gasteiger partial charge on any atom is 0.411 e. The molecule has 0 atom stereocenters. The molecule has 0 saturated heterocycles. The zero-order valence-electron chi connectivity index (χ0n) is 9.15. The van der Waals surface area contributed by atoms with Crippen molar-refractivity contribution >= 4 is 5.84 Å². The van der Waals surface area contributed by atoms with Gasteiger partial charge >= 0.3 is 6.18 Å². The minimum absolute atomic E-state index is 0.128. The van der Waals surface area contributed by atoms with Gasteiger partial charge in [-0.25, -0.2) is 0 Å². The van der Waals surface area contributed by atoms with Crippen molar-refractivity contribution in [3.05, 3.63) is 29.8 Å². The summed E-state index contributed by atoms with van der Waals surface area (Å²) in [7, 11) is 0. The van der Waals surface area contributed by atoms with Crippen LogP contribution >= 0.6 is 0 Å². The van der Waals surface area contributed by atoms with Gasteiger partial charge in [-0.05, 0) is 12.1 Å². The molecular weight excluding hydrogens is 253 g/mol. The van der Waals surface area contributed by atoms with Gasteiger partial charge in [0.05, 0.1) is 0 Å². The molecule has 0 spiro atoms. The lowest BCUT2D eigenvalue weighted by molar-refractivity contribution is -0.186. The summed E-state index contributed by atoms with van der Waals surface area (Å²) in [4.78, 5) is 0. The Morgan fingerprint density at radius 3 is 2.72 bits per heavy atom. The van der Waals surface area contributed by atoms with Crippen LogP contribution in [0.25, 0.3) is 0 Å². The molecule has 0 aliphatic heterocycles. The van der Waals surface area contributed by atoms with Gasteiger partial charge in [-0.1, -0.05) is 17.3 Å². The zero-order chi connectivity index (χ0) is 13.6. The molecule has 5 nitrogen and oxygen atoms in total. The zero-order valence-corrected chi connectivity index (χ0v) is 9.15. The van der Waals surface area contributed by atoms with E-state index < -0.39 is 19.6 Å². The van der Waals surface area contributed by atoms with E-state index in [1.807, 2.05) is 0 Å². The van der Waals surface area contributed by atoms with Crippen LogP contribution in [0.15, 0.2) is 29.4 Å². The highest BCUT2D eigenvalue weighted by Gasteiger charge is 2.27. The summed E-state index contributed by atoms with van der Waals surface area (Å²) >= 11 is 0. The first kappa shape index (κ1) is 14.1. The number of rotatable bonds is 5. The molecular formula is C10H11F3N2O3. The van der Waals surface area contributed by atoms with Gasteiger partial charge in [-0.15, -0.1) is 0 Å². The molecule has 18 heavy (non-hydrogen) atoms. The fourth-order valence-corrected chi connectivity index (χ4v) is 1.07. The maximum absolute atomic E-state index is 11.8. The monoisotopic (exact) mass is 264 g/mol. The summed E-state index contributed by atoms with van der Waals surface area (Å²) in [6.45, 7) is -1.92.